The highest BCUT2D eigenvalue weighted by Crippen LogP contribution is 2.39. The monoisotopic (exact) mass is 369 g/mol. The van der Waals surface area contributed by atoms with Crippen molar-refractivity contribution in [2.75, 3.05) is 13.2 Å². The topological polar surface area (TPSA) is 44.5 Å². The Morgan fingerprint density at radius 1 is 1.19 bits per heavy atom. The zero-order valence-electron chi connectivity index (χ0n) is 12.5. The van der Waals surface area contributed by atoms with Crippen LogP contribution in [0, 0.1) is 6.92 Å². The summed E-state index contributed by atoms with van der Waals surface area (Å²) in [5, 5.41) is 2.07. The van der Waals surface area contributed by atoms with Crippen LogP contribution in [0.5, 0.6) is 11.5 Å². The normalized spacial score (nSPS) is 12.2. The molecule has 114 valence electrons. The summed E-state index contributed by atoms with van der Waals surface area (Å²) in [5.74, 6) is 1.48. The predicted octanol–water partition coefficient (Wildman–Crippen LogP) is 4.66. The minimum Gasteiger partial charge on any atom is -0.490 e. The quantitative estimate of drug-likeness (QED) is 0.804. The number of aryl methyl sites for hydroxylation is 1. The van der Waals surface area contributed by atoms with Gasteiger partial charge < -0.3 is 15.2 Å². The van der Waals surface area contributed by atoms with Crippen LogP contribution in [0.25, 0.3) is 0 Å². The molecular weight excluding hydrogens is 350 g/mol. The molecule has 0 spiro atoms. The number of hydrogen-bond acceptors (Lipinski definition) is 4. The van der Waals surface area contributed by atoms with E-state index in [9.17, 15) is 0 Å². The highest BCUT2D eigenvalue weighted by atomic mass is 79.9. The van der Waals surface area contributed by atoms with Crippen LogP contribution in [0.1, 0.15) is 35.9 Å². The average molecular weight is 370 g/mol. The number of benzene rings is 1. The molecule has 21 heavy (non-hydrogen) atoms. The molecule has 0 bridgehead atoms. The Hall–Kier alpha value is -1.04. The summed E-state index contributed by atoms with van der Waals surface area (Å²) in [6, 6.07) is 5.83. The maximum Gasteiger partial charge on any atom is 0.162 e. The minimum atomic E-state index is -0.172. The van der Waals surface area contributed by atoms with Gasteiger partial charge in [0.15, 0.2) is 11.5 Å². The van der Waals surface area contributed by atoms with E-state index in [1.807, 2.05) is 26.0 Å². The highest BCUT2D eigenvalue weighted by molar-refractivity contribution is 9.10. The van der Waals surface area contributed by atoms with E-state index >= 15 is 0 Å². The third-order valence-corrected chi connectivity index (χ3v) is 4.97. The van der Waals surface area contributed by atoms with E-state index in [-0.39, 0.29) is 6.04 Å². The van der Waals surface area contributed by atoms with E-state index in [0.717, 1.165) is 21.5 Å². The van der Waals surface area contributed by atoms with Crippen LogP contribution in [0.4, 0.5) is 0 Å². The van der Waals surface area contributed by atoms with Crippen LogP contribution >= 0.6 is 27.3 Å². The number of rotatable bonds is 6. The Balaban J connectivity index is 2.44. The minimum absolute atomic E-state index is 0.172. The van der Waals surface area contributed by atoms with E-state index in [1.165, 1.54) is 10.4 Å². The lowest BCUT2D eigenvalue weighted by Crippen LogP contribution is -2.13. The van der Waals surface area contributed by atoms with Crippen molar-refractivity contribution >= 4 is 27.3 Å². The van der Waals surface area contributed by atoms with Gasteiger partial charge in [-0.15, -0.1) is 11.3 Å². The third-order valence-electron chi connectivity index (χ3n) is 3.18. The van der Waals surface area contributed by atoms with E-state index < -0.39 is 0 Å². The fourth-order valence-electron chi connectivity index (χ4n) is 2.17. The summed E-state index contributed by atoms with van der Waals surface area (Å²) in [5.41, 5.74) is 8.66. The van der Waals surface area contributed by atoms with Crippen molar-refractivity contribution in [3.63, 3.8) is 0 Å². The van der Waals surface area contributed by atoms with Gasteiger partial charge in [0, 0.05) is 9.35 Å². The van der Waals surface area contributed by atoms with E-state index in [1.54, 1.807) is 11.3 Å². The summed E-state index contributed by atoms with van der Waals surface area (Å²) in [7, 11) is 0. The van der Waals surface area contributed by atoms with Crippen molar-refractivity contribution in [3.05, 3.63) is 44.1 Å². The fraction of sp³-hybridized carbons (Fsp3) is 0.375. The zero-order chi connectivity index (χ0) is 15.4. The van der Waals surface area contributed by atoms with Crippen molar-refractivity contribution in [2.24, 2.45) is 5.73 Å². The smallest absolute Gasteiger partial charge is 0.162 e. The Morgan fingerprint density at radius 2 is 1.81 bits per heavy atom. The first-order valence-corrected chi connectivity index (χ1v) is 8.64. The van der Waals surface area contributed by atoms with Gasteiger partial charge in [0.05, 0.1) is 19.3 Å². The van der Waals surface area contributed by atoms with E-state index in [4.69, 9.17) is 15.2 Å². The Kier molecular flexibility index (Phi) is 5.67. The molecule has 0 aliphatic rings. The van der Waals surface area contributed by atoms with Gasteiger partial charge in [0.25, 0.3) is 0 Å². The molecule has 1 unspecified atom stereocenters. The molecule has 1 aromatic heterocycles. The first-order chi connectivity index (χ1) is 10.1. The van der Waals surface area contributed by atoms with Gasteiger partial charge in [-0.3, -0.25) is 0 Å². The molecule has 0 aliphatic carbocycles. The van der Waals surface area contributed by atoms with Gasteiger partial charge in [0.1, 0.15) is 0 Å². The maximum absolute atomic E-state index is 6.44. The lowest BCUT2D eigenvalue weighted by molar-refractivity contribution is 0.287. The molecule has 3 nitrogen and oxygen atoms in total. The Bertz CT molecular complexity index is 612. The average Bonchev–Trinajstić information content (AvgIpc) is 2.87. The number of hydrogen-bond donors (Lipinski definition) is 1. The van der Waals surface area contributed by atoms with Crippen molar-refractivity contribution in [1.82, 2.24) is 0 Å². The number of thiophene rings is 1. The summed E-state index contributed by atoms with van der Waals surface area (Å²) in [6.45, 7) is 7.19. The molecule has 1 aromatic carbocycles. The standard InChI is InChI=1S/C16H20BrNO2S/c1-4-19-13-8-11(12(17)9-14(13)20-5-2)15(18)16-10(3)6-7-21-16/h6-9,15H,4-5,18H2,1-3H3. The van der Waals surface area contributed by atoms with Gasteiger partial charge >= 0.3 is 0 Å². The van der Waals surface area contributed by atoms with Crippen LogP contribution in [0.2, 0.25) is 0 Å². The third kappa shape index (κ3) is 3.59. The molecule has 1 atom stereocenters. The van der Waals surface area contributed by atoms with Crippen LogP contribution in [-0.4, -0.2) is 13.2 Å². The Labute approximate surface area is 138 Å². The lowest BCUT2D eigenvalue weighted by atomic mass is 10.0. The molecule has 2 aromatic rings. The zero-order valence-corrected chi connectivity index (χ0v) is 14.9. The molecule has 2 rings (SSSR count). The molecule has 0 saturated carbocycles. The second-order valence-electron chi connectivity index (χ2n) is 4.63. The van der Waals surface area contributed by atoms with Gasteiger partial charge in [0.2, 0.25) is 0 Å². The largest absolute Gasteiger partial charge is 0.490 e. The van der Waals surface area contributed by atoms with Crippen LogP contribution in [-0.2, 0) is 0 Å². The first-order valence-electron chi connectivity index (χ1n) is 6.97. The molecule has 0 saturated heterocycles. The predicted molar refractivity (Wildman–Crippen MR) is 91.6 cm³/mol. The van der Waals surface area contributed by atoms with Gasteiger partial charge in [-0.25, -0.2) is 0 Å². The number of nitrogens with two attached hydrogens (primary N) is 1. The van der Waals surface area contributed by atoms with Crippen molar-refractivity contribution in [1.29, 1.82) is 0 Å². The van der Waals surface area contributed by atoms with Crippen LogP contribution in [0.3, 0.4) is 0 Å². The molecule has 0 radical (unpaired) electrons. The molecule has 5 heteroatoms. The second kappa shape index (κ2) is 7.29. The van der Waals surface area contributed by atoms with E-state index in [0.29, 0.717) is 13.2 Å². The fourth-order valence-corrected chi connectivity index (χ4v) is 3.69. The SMILES string of the molecule is CCOc1cc(Br)c(C(N)c2sccc2C)cc1OCC. The molecule has 0 aliphatic heterocycles. The van der Waals surface area contributed by atoms with Crippen LogP contribution in [0.15, 0.2) is 28.1 Å². The Morgan fingerprint density at radius 3 is 2.33 bits per heavy atom. The van der Waals surface area contributed by atoms with Gasteiger partial charge in [-0.2, -0.15) is 0 Å². The second-order valence-corrected chi connectivity index (χ2v) is 6.43. The summed E-state index contributed by atoms with van der Waals surface area (Å²) in [6.07, 6.45) is 0. The summed E-state index contributed by atoms with van der Waals surface area (Å²) < 4.78 is 12.3. The van der Waals surface area contributed by atoms with Crippen molar-refractivity contribution in [3.8, 4) is 11.5 Å². The first kappa shape index (κ1) is 16.3. The maximum atomic E-state index is 6.44. The molecule has 0 fully saturated rings. The number of ether oxygens (including phenoxy) is 2. The summed E-state index contributed by atoms with van der Waals surface area (Å²) in [4.78, 5) is 1.17. The van der Waals surface area contributed by atoms with E-state index in [2.05, 4.69) is 34.3 Å². The molecular formula is C16H20BrNO2S. The molecule has 0 amide bonds. The van der Waals surface area contributed by atoms with Gasteiger partial charge in [-0.1, -0.05) is 15.9 Å². The van der Waals surface area contributed by atoms with Gasteiger partial charge in [-0.05, 0) is 55.5 Å². The summed E-state index contributed by atoms with van der Waals surface area (Å²) >= 11 is 5.28. The van der Waals surface area contributed by atoms with Crippen LogP contribution < -0.4 is 15.2 Å². The van der Waals surface area contributed by atoms with Crippen molar-refractivity contribution < 1.29 is 9.47 Å². The molecule has 2 N–H and O–H groups in total. The molecule has 1 heterocycles. The number of halogens is 1. The van der Waals surface area contributed by atoms with Crippen molar-refractivity contribution in [2.45, 2.75) is 26.8 Å². The lowest BCUT2D eigenvalue weighted by Gasteiger charge is -2.18. The highest BCUT2D eigenvalue weighted by Gasteiger charge is 2.19.